The molecular weight excluding hydrogens is 483 g/mol. The molecule has 36 heavy (non-hydrogen) atoms. The Hall–Kier alpha value is -4.03. The first kappa shape index (κ1) is 23.7. The van der Waals surface area contributed by atoms with Crippen molar-refractivity contribution in [1.82, 2.24) is 35.2 Å². The van der Waals surface area contributed by atoms with Crippen molar-refractivity contribution in [2.45, 2.75) is 19.4 Å². The average Bonchev–Trinajstić information content (AvgIpc) is 3.50. The van der Waals surface area contributed by atoms with Crippen molar-refractivity contribution in [3.8, 4) is 0 Å². The van der Waals surface area contributed by atoms with Gasteiger partial charge in [0, 0.05) is 32.1 Å². The van der Waals surface area contributed by atoms with E-state index in [0.29, 0.717) is 29.0 Å². The van der Waals surface area contributed by atoms with Crippen LogP contribution in [0.4, 0.5) is 10.2 Å². The maximum Gasteiger partial charge on any atom is 0.337 e. The zero-order valence-electron chi connectivity index (χ0n) is 19.4. The number of anilines is 1. The minimum Gasteiger partial charge on any atom is -0.465 e. The molecular formula is C24H23FN8O2S. The van der Waals surface area contributed by atoms with Crippen LogP contribution >= 0.6 is 11.3 Å². The van der Waals surface area contributed by atoms with Crippen LogP contribution in [0.25, 0.3) is 21.4 Å². The van der Waals surface area contributed by atoms with E-state index in [9.17, 15) is 9.18 Å². The summed E-state index contributed by atoms with van der Waals surface area (Å²) in [5, 5.41) is 7.46. The molecule has 0 spiro atoms. The fraction of sp³-hybridized carbons (Fsp3) is 0.250. The second-order valence-electron chi connectivity index (χ2n) is 7.93. The van der Waals surface area contributed by atoms with E-state index in [2.05, 4.69) is 40.5 Å². The van der Waals surface area contributed by atoms with E-state index < -0.39 is 0 Å². The van der Waals surface area contributed by atoms with Gasteiger partial charge in [0.05, 0.1) is 41.0 Å². The first-order valence-electron chi connectivity index (χ1n) is 11.3. The summed E-state index contributed by atoms with van der Waals surface area (Å²) in [6, 6.07) is 8.19. The molecule has 3 N–H and O–H groups in total. The maximum absolute atomic E-state index is 13.9. The number of ether oxygens (including phenoxy) is 1. The summed E-state index contributed by atoms with van der Waals surface area (Å²) in [6.07, 6.45) is 4.48. The standard InChI is InChI=1S/C24H23FN8O2S/c1-35-24(34)14-4-5-16-17(11-14)32-19(31-16)6-9-26-10-7-20-33-21-22(29-13-30-23(21)36-20)28-12-18-15(25)3-2-8-27-18/h2-5,8,11,13,26H,6-7,9-10,12H2,1H3,(H,31,32)(H,28,29,30). The van der Waals surface area contributed by atoms with E-state index in [1.165, 1.54) is 30.8 Å². The smallest absolute Gasteiger partial charge is 0.337 e. The minimum absolute atomic E-state index is 0.207. The van der Waals surface area contributed by atoms with Crippen LogP contribution in [0.2, 0.25) is 0 Å². The molecule has 0 fully saturated rings. The maximum atomic E-state index is 13.9. The van der Waals surface area contributed by atoms with E-state index >= 15 is 0 Å². The van der Waals surface area contributed by atoms with Gasteiger partial charge in [-0.1, -0.05) is 11.3 Å². The van der Waals surface area contributed by atoms with Crippen LogP contribution in [0.15, 0.2) is 42.9 Å². The number of carbonyl (C=O) groups excluding carboxylic acids is 1. The number of thiazole rings is 1. The fourth-order valence-electron chi connectivity index (χ4n) is 3.70. The number of benzene rings is 1. The highest BCUT2D eigenvalue weighted by Gasteiger charge is 2.12. The normalized spacial score (nSPS) is 11.3. The molecule has 0 aliphatic rings. The predicted octanol–water partition coefficient (Wildman–Crippen LogP) is 3.27. The Labute approximate surface area is 209 Å². The van der Waals surface area contributed by atoms with E-state index in [1.54, 1.807) is 30.5 Å². The van der Waals surface area contributed by atoms with Crippen molar-refractivity contribution < 1.29 is 13.9 Å². The minimum atomic E-state index is -0.374. The topological polar surface area (TPSA) is 131 Å². The molecule has 0 saturated heterocycles. The number of hydrogen-bond donors (Lipinski definition) is 3. The molecule has 0 amide bonds. The third kappa shape index (κ3) is 5.29. The van der Waals surface area contributed by atoms with E-state index in [4.69, 9.17) is 4.74 Å². The van der Waals surface area contributed by atoms with Crippen LogP contribution in [-0.2, 0) is 24.1 Å². The van der Waals surface area contributed by atoms with E-state index in [1.807, 2.05) is 0 Å². The predicted molar refractivity (Wildman–Crippen MR) is 134 cm³/mol. The molecule has 0 bridgehead atoms. The van der Waals surface area contributed by atoms with Gasteiger partial charge in [-0.2, -0.15) is 0 Å². The zero-order valence-corrected chi connectivity index (χ0v) is 20.2. The Morgan fingerprint density at radius 2 is 2.03 bits per heavy atom. The van der Waals surface area contributed by atoms with Crippen LogP contribution < -0.4 is 10.6 Å². The molecule has 5 aromatic rings. The Bertz CT molecular complexity index is 1520. The lowest BCUT2D eigenvalue weighted by Crippen LogP contribution is -2.20. The number of imidazole rings is 1. The number of H-pyrrole nitrogens is 1. The number of pyridine rings is 1. The lowest BCUT2D eigenvalue weighted by molar-refractivity contribution is 0.0601. The fourth-order valence-corrected chi connectivity index (χ4v) is 4.61. The summed E-state index contributed by atoms with van der Waals surface area (Å²) in [5.41, 5.74) is 3.09. The van der Waals surface area contributed by atoms with Gasteiger partial charge in [-0.25, -0.2) is 29.1 Å². The van der Waals surface area contributed by atoms with Crippen molar-refractivity contribution in [2.24, 2.45) is 0 Å². The lowest BCUT2D eigenvalue weighted by atomic mass is 10.2. The van der Waals surface area contributed by atoms with Crippen molar-refractivity contribution in [2.75, 3.05) is 25.5 Å². The van der Waals surface area contributed by atoms with Crippen LogP contribution in [0.1, 0.15) is 26.9 Å². The number of nitrogens with one attached hydrogen (secondary N) is 3. The van der Waals surface area contributed by atoms with E-state index in [0.717, 1.165) is 46.2 Å². The molecule has 10 nitrogen and oxygen atoms in total. The van der Waals surface area contributed by atoms with Crippen molar-refractivity contribution in [3.05, 3.63) is 70.8 Å². The molecule has 0 unspecified atom stereocenters. The van der Waals surface area contributed by atoms with Crippen molar-refractivity contribution in [3.63, 3.8) is 0 Å². The molecule has 4 aromatic heterocycles. The summed E-state index contributed by atoms with van der Waals surface area (Å²) in [5.74, 6) is 0.657. The second kappa shape index (κ2) is 10.7. The van der Waals surface area contributed by atoms with E-state index in [-0.39, 0.29) is 18.3 Å². The van der Waals surface area contributed by atoms with Gasteiger partial charge in [-0.15, -0.1) is 0 Å². The molecule has 1 aromatic carbocycles. The number of carbonyl (C=O) groups is 1. The molecule has 0 radical (unpaired) electrons. The molecule has 0 aliphatic carbocycles. The third-order valence-electron chi connectivity index (χ3n) is 5.50. The quantitative estimate of drug-likeness (QED) is 0.193. The first-order valence-corrected chi connectivity index (χ1v) is 12.1. The van der Waals surface area contributed by atoms with Crippen LogP contribution in [-0.4, -0.2) is 56.1 Å². The van der Waals surface area contributed by atoms with Gasteiger partial charge >= 0.3 is 5.97 Å². The first-order chi connectivity index (χ1) is 17.6. The Morgan fingerprint density at radius 1 is 1.14 bits per heavy atom. The summed E-state index contributed by atoms with van der Waals surface area (Å²) in [6.45, 7) is 1.68. The highest BCUT2D eigenvalue weighted by Crippen LogP contribution is 2.25. The summed E-state index contributed by atoms with van der Waals surface area (Å²) < 4.78 is 18.6. The van der Waals surface area contributed by atoms with Gasteiger partial charge < -0.3 is 20.4 Å². The molecule has 5 rings (SSSR count). The highest BCUT2D eigenvalue weighted by molar-refractivity contribution is 7.18. The molecule has 4 heterocycles. The average molecular weight is 507 g/mol. The monoisotopic (exact) mass is 506 g/mol. The third-order valence-corrected chi connectivity index (χ3v) is 6.53. The summed E-state index contributed by atoms with van der Waals surface area (Å²) >= 11 is 1.51. The number of halogens is 1. The van der Waals surface area contributed by atoms with Crippen molar-refractivity contribution in [1.29, 1.82) is 0 Å². The number of methoxy groups -OCH3 is 1. The van der Waals surface area contributed by atoms with Gasteiger partial charge in [-0.05, 0) is 30.3 Å². The summed E-state index contributed by atoms with van der Waals surface area (Å²) in [7, 11) is 1.36. The Balaban J connectivity index is 1.14. The number of fused-ring (bicyclic) bond motifs is 2. The summed E-state index contributed by atoms with van der Waals surface area (Å²) in [4.78, 5) is 37.6. The molecule has 0 saturated carbocycles. The second-order valence-corrected chi connectivity index (χ2v) is 8.99. The molecule has 0 atom stereocenters. The lowest BCUT2D eigenvalue weighted by Gasteiger charge is -2.05. The number of aromatic nitrogens is 6. The number of nitrogens with zero attached hydrogens (tertiary/aromatic N) is 5. The largest absolute Gasteiger partial charge is 0.465 e. The molecule has 0 aliphatic heterocycles. The van der Waals surface area contributed by atoms with Gasteiger partial charge in [0.25, 0.3) is 0 Å². The molecule has 12 heteroatoms. The van der Waals surface area contributed by atoms with Crippen LogP contribution in [0.5, 0.6) is 0 Å². The van der Waals surface area contributed by atoms with Gasteiger partial charge in [0.2, 0.25) is 0 Å². The van der Waals surface area contributed by atoms with Gasteiger partial charge in [-0.3, -0.25) is 4.98 Å². The highest BCUT2D eigenvalue weighted by atomic mass is 32.1. The SMILES string of the molecule is COC(=O)c1ccc2nc(CCNCCc3nc4c(NCc5ncccc5F)ncnc4s3)[nH]c2c1. The van der Waals surface area contributed by atoms with Crippen LogP contribution in [0, 0.1) is 5.82 Å². The number of hydrogen-bond acceptors (Lipinski definition) is 10. The number of rotatable bonds is 10. The Morgan fingerprint density at radius 3 is 2.89 bits per heavy atom. The number of esters is 1. The zero-order chi connectivity index (χ0) is 24.9. The van der Waals surface area contributed by atoms with Gasteiger partial charge in [0.15, 0.2) is 5.82 Å². The Kier molecular flexibility index (Phi) is 7.05. The van der Waals surface area contributed by atoms with Crippen LogP contribution in [0.3, 0.4) is 0 Å². The van der Waals surface area contributed by atoms with Crippen molar-refractivity contribution >= 4 is 44.5 Å². The van der Waals surface area contributed by atoms with Gasteiger partial charge in [0.1, 0.15) is 28.3 Å². The number of aromatic amines is 1. The molecule has 184 valence electrons.